The summed E-state index contributed by atoms with van der Waals surface area (Å²) in [6, 6.07) is 8.96. The fourth-order valence-corrected chi connectivity index (χ4v) is 2.68. The molecule has 0 aliphatic rings. The number of rotatable bonds is 0. The molecule has 0 unspecified atom stereocenters. The average molecular weight is 280 g/mol. The van der Waals surface area contributed by atoms with Gasteiger partial charge in [0.1, 0.15) is 0 Å². The second-order valence-corrected chi connectivity index (χ2v) is 8.00. The van der Waals surface area contributed by atoms with E-state index in [4.69, 9.17) is 0 Å². The maximum Gasteiger partial charge on any atom is 0.0651 e. The number of fused-ring (bicyclic) bond motifs is 3. The molecule has 2 heteroatoms. The maximum atomic E-state index is 4.61. The standard InChI is InChI=1S/C19H24N2/c1-18(2,3)12-7-8-15-13(9-12)14-10-17(19(4,5)6)20-11-16(14)21-15/h7-11,21H,1-6H3. The van der Waals surface area contributed by atoms with Crippen LogP contribution in [-0.4, -0.2) is 9.97 Å². The summed E-state index contributed by atoms with van der Waals surface area (Å²) in [4.78, 5) is 8.09. The molecule has 0 atom stereocenters. The molecule has 0 saturated heterocycles. The van der Waals surface area contributed by atoms with Crippen molar-refractivity contribution in [3.8, 4) is 0 Å². The predicted octanol–water partition coefficient (Wildman–Crippen LogP) is 5.31. The van der Waals surface area contributed by atoms with E-state index < -0.39 is 0 Å². The van der Waals surface area contributed by atoms with Gasteiger partial charge in [-0.05, 0) is 29.2 Å². The molecule has 2 heterocycles. The molecule has 3 rings (SSSR count). The third-order valence-corrected chi connectivity index (χ3v) is 4.12. The molecule has 0 aliphatic heterocycles. The number of benzene rings is 1. The molecule has 0 saturated carbocycles. The van der Waals surface area contributed by atoms with Crippen molar-refractivity contribution in [1.29, 1.82) is 0 Å². The lowest BCUT2D eigenvalue weighted by molar-refractivity contribution is 0.570. The normalized spacial score (nSPS) is 13.2. The maximum absolute atomic E-state index is 4.61. The van der Waals surface area contributed by atoms with Crippen molar-refractivity contribution in [1.82, 2.24) is 9.97 Å². The minimum atomic E-state index is 0.0689. The average Bonchev–Trinajstić information content (AvgIpc) is 2.73. The van der Waals surface area contributed by atoms with Crippen LogP contribution in [0.2, 0.25) is 0 Å². The summed E-state index contributed by atoms with van der Waals surface area (Å²) in [6.07, 6.45) is 1.96. The number of nitrogens with zero attached hydrogens (tertiary/aromatic N) is 1. The molecule has 0 spiro atoms. The second kappa shape index (κ2) is 4.33. The van der Waals surface area contributed by atoms with Gasteiger partial charge in [0.05, 0.1) is 11.7 Å². The first-order valence-corrected chi connectivity index (χ1v) is 7.59. The van der Waals surface area contributed by atoms with Crippen LogP contribution in [0.4, 0.5) is 0 Å². The Kier molecular flexibility index (Phi) is 2.91. The van der Waals surface area contributed by atoms with Crippen molar-refractivity contribution in [3.05, 3.63) is 41.7 Å². The number of hydrogen-bond acceptors (Lipinski definition) is 1. The third-order valence-electron chi connectivity index (χ3n) is 4.12. The van der Waals surface area contributed by atoms with E-state index in [1.807, 2.05) is 6.20 Å². The highest BCUT2D eigenvalue weighted by Gasteiger charge is 2.18. The zero-order valence-corrected chi connectivity index (χ0v) is 13.8. The zero-order chi connectivity index (χ0) is 15.4. The van der Waals surface area contributed by atoms with Crippen LogP contribution in [0, 0.1) is 0 Å². The number of pyridine rings is 1. The van der Waals surface area contributed by atoms with E-state index in [1.165, 1.54) is 21.9 Å². The highest BCUT2D eigenvalue weighted by Crippen LogP contribution is 2.32. The van der Waals surface area contributed by atoms with E-state index in [0.717, 1.165) is 11.2 Å². The zero-order valence-electron chi connectivity index (χ0n) is 13.8. The van der Waals surface area contributed by atoms with Gasteiger partial charge < -0.3 is 4.98 Å². The molecule has 1 aromatic carbocycles. The van der Waals surface area contributed by atoms with Gasteiger partial charge in [-0.25, -0.2) is 0 Å². The van der Waals surface area contributed by atoms with Crippen molar-refractivity contribution in [2.45, 2.75) is 52.4 Å². The van der Waals surface area contributed by atoms with Crippen molar-refractivity contribution in [3.63, 3.8) is 0 Å². The Labute approximate surface area is 126 Å². The molecule has 0 radical (unpaired) electrons. The highest BCUT2D eigenvalue weighted by molar-refractivity contribution is 6.07. The molecule has 0 bridgehead atoms. The number of hydrogen-bond donors (Lipinski definition) is 1. The summed E-state index contributed by atoms with van der Waals surface area (Å²) in [6.45, 7) is 13.4. The fourth-order valence-electron chi connectivity index (χ4n) is 2.68. The molecular weight excluding hydrogens is 256 g/mol. The van der Waals surface area contributed by atoms with E-state index in [0.29, 0.717) is 0 Å². The van der Waals surface area contributed by atoms with Crippen LogP contribution in [-0.2, 0) is 10.8 Å². The van der Waals surface area contributed by atoms with E-state index >= 15 is 0 Å². The lowest BCUT2D eigenvalue weighted by Gasteiger charge is -2.19. The van der Waals surface area contributed by atoms with Crippen molar-refractivity contribution < 1.29 is 0 Å². The SMILES string of the molecule is CC(C)(C)c1ccc2[nH]c3cnc(C(C)(C)C)cc3c2c1. The van der Waals surface area contributed by atoms with Crippen LogP contribution in [0.5, 0.6) is 0 Å². The van der Waals surface area contributed by atoms with Crippen molar-refractivity contribution >= 4 is 21.8 Å². The molecule has 0 amide bonds. The van der Waals surface area contributed by atoms with Crippen LogP contribution >= 0.6 is 0 Å². The Morgan fingerprint density at radius 3 is 2.10 bits per heavy atom. The van der Waals surface area contributed by atoms with E-state index in [2.05, 4.69) is 75.8 Å². The van der Waals surface area contributed by atoms with Gasteiger partial charge in [-0.3, -0.25) is 4.98 Å². The number of H-pyrrole nitrogens is 1. The molecule has 0 aliphatic carbocycles. The molecule has 1 N–H and O–H groups in total. The van der Waals surface area contributed by atoms with Crippen LogP contribution in [0.1, 0.15) is 52.8 Å². The van der Waals surface area contributed by atoms with Crippen molar-refractivity contribution in [2.75, 3.05) is 0 Å². The van der Waals surface area contributed by atoms with Crippen molar-refractivity contribution in [2.24, 2.45) is 0 Å². The Morgan fingerprint density at radius 2 is 1.48 bits per heavy atom. The summed E-state index contributed by atoms with van der Waals surface area (Å²) < 4.78 is 0. The molecule has 0 fully saturated rings. The van der Waals surface area contributed by atoms with E-state index in [9.17, 15) is 0 Å². The first kappa shape index (κ1) is 14.1. The third kappa shape index (κ3) is 2.44. The molecule has 21 heavy (non-hydrogen) atoms. The summed E-state index contributed by atoms with van der Waals surface area (Å²) in [5, 5.41) is 2.57. The van der Waals surface area contributed by atoms with Crippen LogP contribution in [0.25, 0.3) is 21.8 Å². The van der Waals surface area contributed by atoms with Gasteiger partial charge in [0, 0.05) is 27.4 Å². The van der Waals surface area contributed by atoms with Gasteiger partial charge in [-0.15, -0.1) is 0 Å². The van der Waals surface area contributed by atoms with Gasteiger partial charge >= 0.3 is 0 Å². The molecular formula is C19H24N2. The molecule has 3 aromatic rings. The summed E-state index contributed by atoms with van der Waals surface area (Å²) in [5.41, 5.74) is 5.04. The smallest absolute Gasteiger partial charge is 0.0651 e. The first-order chi connectivity index (χ1) is 9.66. The first-order valence-electron chi connectivity index (χ1n) is 7.59. The summed E-state index contributed by atoms with van der Waals surface area (Å²) in [7, 11) is 0. The number of nitrogens with one attached hydrogen (secondary N) is 1. The molecule has 2 nitrogen and oxygen atoms in total. The van der Waals surface area contributed by atoms with Crippen LogP contribution < -0.4 is 0 Å². The topological polar surface area (TPSA) is 28.7 Å². The lowest BCUT2D eigenvalue weighted by Crippen LogP contribution is -2.12. The largest absolute Gasteiger partial charge is 0.353 e. The van der Waals surface area contributed by atoms with E-state index in [-0.39, 0.29) is 10.8 Å². The summed E-state index contributed by atoms with van der Waals surface area (Å²) >= 11 is 0. The highest BCUT2D eigenvalue weighted by atomic mass is 14.8. The second-order valence-electron chi connectivity index (χ2n) is 8.00. The monoisotopic (exact) mass is 280 g/mol. The quantitative estimate of drug-likeness (QED) is 0.594. The number of aromatic amines is 1. The minimum absolute atomic E-state index is 0.0689. The van der Waals surface area contributed by atoms with Gasteiger partial charge in [-0.2, -0.15) is 0 Å². The Bertz CT molecular complexity index is 743. The van der Waals surface area contributed by atoms with Gasteiger partial charge in [0.25, 0.3) is 0 Å². The molecule has 2 aromatic heterocycles. The summed E-state index contributed by atoms with van der Waals surface area (Å²) in [5.74, 6) is 0. The Hall–Kier alpha value is -1.83. The number of aromatic nitrogens is 2. The van der Waals surface area contributed by atoms with Gasteiger partial charge in [-0.1, -0.05) is 47.6 Å². The fraction of sp³-hybridized carbons (Fsp3) is 0.421. The van der Waals surface area contributed by atoms with Gasteiger partial charge in [0.15, 0.2) is 0 Å². The predicted molar refractivity (Wildman–Crippen MR) is 91.0 cm³/mol. The Morgan fingerprint density at radius 1 is 0.810 bits per heavy atom. The Balaban J connectivity index is 2.31. The van der Waals surface area contributed by atoms with Crippen LogP contribution in [0.15, 0.2) is 30.5 Å². The van der Waals surface area contributed by atoms with E-state index in [1.54, 1.807) is 0 Å². The van der Waals surface area contributed by atoms with Gasteiger partial charge in [0.2, 0.25) is 0 Å². The lowest BCUT2D eigenvalue weighted by atomic mass is 9.86. The minimum Gasteiger partial charge on any atom is -0.353 e. The molecule has 110 valence electrons. The van der Waals surface area contributed by atoms with Crippen LogP contribution in [0.3, 0.4) is 0 Å².